The highest BCUT2D eigenvalue weighted by atomic mass is 16.5. The molecular weight excluding hydrogens is 1520 g/mol. The number of hydrogen-bond acceptors (Lipinski definition) is 10. The van der Waals surface area contributed by atoms with Crippen LogP contribution in [0.25, 0.3) is 169 Å². The number of oxazole rings is 4. The van der Waals surface area contributed by atoms with Gasteiger partial charge in [-0.15, -0.1) is 0 Å². The zero-order valence-electron chi connectivity index (χ0n) is 67.1. The van der Waals surface area contributed by atoms with Crippen molar-refractivity contribution < 1.29 is 22.4 Å². The zero-order valence-corrected chi connectivity index (χ0v) is 67.1. The summed E-state index contributed by atoms with van der Waals surface area (Å²) in [5, 5.41) is 2.41. The van der Waals surface area contributed by atoms with Crippen LogP contribution in [0.3, 0.4) is 0 Å². The molecule has 0 unspecified atom stereocenters. The molecule has 0 radical (unpaired) electrons. The van der Waals surface area contributed by atoms with E-state index < -0.39 is 0 Å². The minimum Gasteiger partial charge on any atom is -0.457 e. The monoisotopic (exact) mass is 1590 g/mol. The Bertz CT molecular complexity index is 7790. The number of ether oxygens (including phenoxy) is 1. The standard InChI is InChI=1S/C33H23N3O.C27H18N2O2.C25H16N2O.C24H20N2O/c1-4-12-24(13-5-1)31-32(36-29-18-10-11-19-30(29)37-33(36)34-31)25-20-22-28(23-21-25)35(26-14-6-2-7-15-26)27-16-8-3-9-17-27;1-3-9-19(10-4-1)25-26(29-23-13-7-8-14-24(23)31-27(29)28-25)20-15-17-22(18-16-20)30-21-11-5-2-6-12-21;1-2-10-18(11-3-1)23-24(20-14-8-12-17-9-4-5-13-19(17)20)27-21-15-6-7-16-22(21)28-25(27)26-23;1-16(2)17-12-14-19(15-13-17)23-22(18-8-4-3-5-9-18)25-24-26(23)20-10-6-7-11-21(20)27-24/h1-23H;1-18H;1-16H;3-16H,1-2H3. The molecule has 0 N–H and O–H groups in total. The summed E-state index contributed by atoms with van der Waals surface area (Å²) in [5.74, 6) is 4.52. The lowest BCUT2D eigenvalue weighted by molar-refractivity contribution is 0.483. The van der Waals surface area contributed by atoms with Gasteiger partial charge in [-0.25, -0.2) is 0 Å². The Labute approximate surface area is 707 Å². The Morgan fingerprint density at radius 3 is 0.911 bits per heavy atom. The largest absolute Gasteiger partial charge is 0.457 e. The van der Waals surface area contributed by atoms with Gasteiger partial charge in [0.05, 0.1) is 44.8 Å². The van der Waals surface area contributed by atoms with Crippen LogP contribution in [-0.2, 0) is 0 Å². The quantitative estimate of drug-likeness (QED) is 0.104. The summed E-state index contributed by atoms with van der Waals surface area (Å²) in [7, 11) is 0. The minimum atomic E-state index is 0.507. The number of anilines is 3. The molecule has 14 heteroatoms. The van der Waals surface area contributed by atoms with Gasteiger partial charge < -0.3 is 27.3 Å². The van der Waals surface area contributed by atoms with Gasteiger partial charge in [-0.1, -0.05) is 317 Å². The van der Waals surface area contributed by atoms with Crippen molar-refractivity contribution >= 4 is 95.6 Å². The van der Waals surface area contributed by atoms with Crippen LogP contribution in [0, 0.1) is 0 Å². The van der Waals surface area contributed by atoms with E-state index in [4.69, 9.17) is 42.3 Å². The van der Waals surface area contributed by atoms with E-state index in [-0.39, 0.29) is 0 Å². The number of para-hydroxylation sites is 11. The van der Waals surface area contributed by atoms with Gasteiger partial charge in [-0.2, -0.15) is 19.9 Å². The van der Waals surface area contributed by atoms with Crippen molar-refractivity contribution in [3.8, 4) is 102 Å². The molecule has 8 aromatic heterocycles. The highest BCUT2D eigenvalue weighted by molar-refractivity contribution is 6.01. The van der Waals surface area contributed by atoms with Crippen molar-refractivity contribution in [3.05, 3.63) is 430 Å². The summed E-state index contributed by atoms with van der Waals surface area (Å²) in [6.07, 6.45) is 0. The SMILES string of the molecule is CC(C)c1ccc(-c2c(-c3ccccc3)nc3oc4ccccc4n23)cc1.c1ccc(-c2nc3oc4ccccc4n3c2-c2ccc(N(c3ccccc3)c3ccccc3)cc2)cc1.c1ccc(-c2nc3oc4ccccc4n3c2-c2cccc3ccccc23)cc1.c1ccc(Oc2ccc(-c3c(-c4ccccc4)nc4oc5ccccc5n34)cc2)cc1. The van der Waals surface area contributed by atoms with Crippen LogP contribution in [0.4, 0.5) is 17.1 Å². The number of imidazole rings is 4. The van der Waals surface area contributed by atoms with Gasteiger partial charge in [0, 0.05) is 61.6 Å². The molecule has 8 heterocycles. The Hall–Kier alpha value is -16.6. The van der Waals surface area contributed by atoms with E-state index in [9.17, 15) is 0 Å². The van der Waals surface area contributed by atoms with Crippen molar-refractivity contribution in [3.63, 3.8) is 0 Å². The summed E-state index contributed by atoms with van der Waals surface area (Å²) >= 11 is 0. The molecule has 0 spiro atoms. The van der Waals surface area contributed by atoms with Crippen molar-refractivity contribution in [2.75, 3.05) is 4.90 Å². The predicted octanol–water partition coefficient (Wildman–Crippen LogP) is 29.2. The fourth-order valence-electron chi connectivity index (χ4n) is 16.4. The van der Waals surface area contributed by atoms with Gasteiger partial charge in [0.1, 0.15) is 34.3 Å². The minimum absolute atomic E-state index is 0.507. The number of nitrogens with zero attached hydrogens (tertiary/aromatic N) is 9. The van der Waals surface area contributed by atoms with E-state index in [2.05, 4.69) is 261 Å². The molecule has 14 nitrogen and oxygen atoms in total. The molecule has 123 heavy (non-hydrogen) atoms. The fourth-order valence-corrected chi connectivity index (χ4v) is 16.4. The lowest BCUT2D eigenvalue weighted by atomic mass is 9.99. The molecular formula is C109H77N9O5. The average molecular weight is 1590 g/mol. The Morgan fingerprint density at radius 1 is 0.244 bits per heavy atom. The van der Waals surface area contributed by atoms with Gasteiger partial charge >= 0.3 is 23.4 Å². The Morgan fingerprint density at radius 2 is 0.528 bits per heavy atom. The number of aromatic nitrogens is 8. The first-order valence-corrected chi connectivity index (χ1v) is 41.1. The highest BCUT2D eigenvalue weighted by Crippen LogP contribution is 2.45. The van der Waals surface area contributed by atoms with Crippen LogP contribution in [0.5, 0.6) is 11.5 Å². The first-order chi connectivity index (χ1) is 60.8. The number of hydrogen-bond donors (Lipinski definition) is 0. The molecule has 588 valence electrons. The van der Waals surface area contributed by atoms with Gasteiger partial charge in [0.15, 0.2) is 22.3 Å². The summed E-state index contributed by atoms with van der Waals surface area (Å²) in [5.41, 5.74) is 28.5. The van der Waals surface area contributed by atoms with E-state index in [1.54, 1.807) is 0 Å². The van der Waals surface area contributed by atoms with Gasteiger partial charge in [0.2, 0.25) is 0 Å². The molecule has 0 aliphatic rings. The lowest BCUT2D eigenvalue weighted by Gasteiger charge is -2.25. The van der Waals surface area contributed by atoms with Crippen molar-refractivity contribution in [1.29, 1.82) is 0 Å². The third-order valence-corrected chi connectivity index (χ3v) is 22.2. The van der Waals surface area contributed by atoms with E-state index in [0.717, 1.165) is 163 Å². The van der Waals surface area contributed by atoms with Crippen LogP contribution in [0.2, 0.25) is 0 Å². The van der Waals surface area contributed by atoms with Gasteiger partial charge in [0.25, 0.3) is 0 Å². The third-order valence-electron chi connectivity index (χ3n) is 22.2. The van der Waals surface area contributed by atoms with E-state index in [1.807, 2.05) is 200 Å². The lowest BCUT2D eigenvalue weighted by Crippen LogP contribution is -2.09. The molecule has 0 amide bonds. The summed E-state index contributed by atoms with van der Waals surface area (Å²) in [6, 6.07) is 144. The second-order valence-electron chi connectivity index (χ2n) is 30.2. The zero-order chi connectivity index (χ0) is 82.1. The molecule has 0 aliphatic carbocycles. The van der Waals surface area contributed by atoms with Crippen LogP contribution in [-0.4, -0.2) is 37.5 Å². The molecule has 0 saturated heterocycles. The Balaban J connectivity index is 0.000000102. The van der Waals surface area contributed by atoms with E-state index >= 15 is 0 Å². The van der Waals surface area contributed by atoms with E-state index in [0.29, 0.717) is 29.3 Å². The normalized spacial score (nSPS) is 11.4. The van der Waals surface area contributed by atoms with Crippen LogP contribution >= 0.6 is 0 Å². The first kappa shape index (κ1) is 74.0. The summed E-state index contributed by atoms with van der Waals surface area (Å²) in [4.78, 5) is 21.8. The topological polar surface area (TPSA) is 134 Å². The molecule has 0 saturated carbocycles. The maximum absolute atomic E-state index is 6.14. The van der Waals surface area contributed by atoms with Crippen LogP contribution in [0.1, 0.15) is 25.3 Å². The summed E-state index contributed by atoms with van der Waals surface area (Å²) in [6.45, 7) is 4.43. The molecule has 0 aliphatic heterocycles. The fraction of sp³-hybridized carbons (Fsp3) is 0.0275. The maximum atomic E-state index is 6.14. The summed E-state index contributed by atoms with van der Waals surface area (Å²) < 4.78 is 38.7. The van der Waals surface area contributed by atoms with Crippen molar-refractivity contribution in [2.45, 2.75) is 19.8 Å². The smallest absolute Gasteiger partial charge is 0.307 e. The molecule has 24 aromatic rings. The number of benzene rings is 16. The second kappa shape index (κ2) is 32.4. The molecule has 0 fully saturated rings. The van der Waals surface area contributed by atoms with Crippen LogP contribution < -0.4 is 9.64 Å². The maximum Gasteiger partial charge on any atom is 0.307 e. The van der Waals surface area contributed by atoms with Gasteiger partial charge in [-0.05, 0) is 144 Å². The molecule has 16 aromatic carbocycles. The van der Waals surface area contributed by atoms with Crippen molar-refractivity contribution in [1.82, 2.24) is 37.5 Å². The first-order valence-electron chi connectivity index (χ1n) is 41.1. The van der Waals surface area contributed by atoms with E-state index in [1.165, 1.54) is 16.3 Å². The molecule has 0 atom stereocenters. The van der Waals surface area contributed by atoms with Gasteiger partial charge in [-0.3, -0.25) is 17.6 Å². The number of rotatable bonds is 14. The number of fused-ring (bicyclic) bond motifs is 13. The predicted molar refractivity (Wildman–Crippen MR) is 496 cm³/mol. The Kier molecular flexibility index (Phi) is 19.5. The molecule has 0 bridgehead atoms. The average Bonchev–Trinajstić information content (AvgIpc) is 1.59. The third kappa shape index (κ3) is 14.1. The second-order valence-corrected chi connectivity index (χ2v) is 30.2. The molecule has 24 rings (SSSR count). The highest BCUT2D eigenvalue weighted by Gasteiger charge is 2.27. The van der Waals surface area contributed by atoms with Crippen LogP contribution in [0.15, 0.2) is 442 Å². The van der Waals surface area contributed by atoms with Crippen molar-refractivity contribution in [2.24, 2.45) is 0 Å².